The van der Waals surface area contributed by atoms with Gasteiger partial charge in [-0.1, -0.05) is 56.1 Å². The second-order valence-electron chi connectivity index (χ2n) is 4.60. The van der Waals surface area contributed by atoms with Crippen LogP contribution in [0.25, 0.3) is 10.9 Å². The topological polar surface area (TPSA) is 38.9 Å². The average molecular weight is 392 g/mol. The lowest BCUT2D eigenvalue weighted by molar-refractivity contribution is 0.867. The van der Waals surface area contributed by atoms with Gasteiger partial charge in [0.15, 0.2) is 0 Å². The van der Waals surface area contributed by atoms with Gasteiger partial charge >= 0.3 is 0 Å². The predicted molar refractivity (Wildman–Crippen MR) is 89.6 cm³/mol. The highest BCUT2D eigenvalue weighted by Gasteiger charge is 2.13. The molecule has 1 atom stereocenters. The fourth-order valence-electron chi connectivity index (χ4n) is 2.21. The molecule has 2 aromatic carbocycles. The van der Waals surface area contributed by atoms with E-state index in [1.54, 1.807) is 6.20 Å². The molecular formula is C16H12Br2N2. The van der Waals surface area contributed by atoms with Crippen molar-refractivity contribution in [1.29, 1.82) is 0 Å². The van der Waals surface area contributed by atoms with Crippen LogP contribution in [0.2, 0.25) is 0 Å². The van der Waals surface area contributed by atoms with Gasteiger partial charge in [-0.15, -0.1) is 0 Å². The summed E-state index contributed by atoms with van der Waals surface area (Å²) in [5.74, 6) is 0. The van der Waals surface area contributed by atoms with E-state index in [0.717, 1.165) is 31.0 Å². The maximum Gasteiger partial charge on any atom is 0.0705 e. The zero-order valence-electron chi connectivity index (χ0n) is 10.6. The molecule has 3 aromatic rings. The van der Waals surface area contributed by atoms with Gasteiger partial charge in [-0.3, -0.25) is 4.98 Å². The molecule has 20 heavy (non-hydrogen) atoms. The molecule has 2 N–H and O–H groups in total. The zero-order chi connectivity index (χ0) is 14.1. The summed E-state index contributed by atoms with van der Waals surface area (Å²) in [5.41, 5.74) is 9.47. The van der Waals surface area contributed by atoms with Crippen LogP contribution in [0.5, 0.6) is 0 Å². The minimum atomic E-state index is -0.177. The molecule has 2 nitrogen and oxygen atoms in total. The predicted octanol–water partition coefficient (Wildman–Crippen LogP) is 4.81. The Morgan fingerprint density at radius 2 is 1.85 bits per heavy atom. The van der Waals surface area contributed by atoms with E-state index in [2.05, 4.69) is 55.0 Å². The summed E-state index contributed by atoms with van der Waals surface area (Å²) in [6.07, 6.45) is 1.80. The van der Waals surface area contributed by atoms with Crippen LogP contribution in [0.3, 0.4) is 0 Å². The van der Waals surface area contributed by atoms with Crippen LogP contribution >= 0.6 is 31.9 Å². The summed E-state index contributed by atoms with van der Waals surface area (Å²) in [7, 11) is 0. The molecule has 0 aliphatic rings. The first-order valence-electron chi connectivity index (χ1n) is 6.20. The van der Waals surface area contributed by atoms with Gasteiger partial charge in [-0.25, -0.2) is 0 Å². The van der Waals surface area contributed by atoms with Gasteiger partial charge < -0.3 is 5.73 Å². The standard InChI is InChI=1S/C16H12Br2N2/c17-12-5-6-13(14(18)9-12)16(19)11-4-3-10-2-1-7-20-15(10)8-11/h1-9,16H,19H2. The number of pyridine rings is 1. The maximum atomic E-state index is 6.39. The molecule has 1 heterocycles. The van der Waals surface area contributed by atoms with Crippen LogP contribution in [-0.4, -0.2) is 4.98 Å². The number of nitrogens with two attached hydrogens (primary N) is 1. The van der Waals surface area contributed by atoms with Crippen molar-refractivity contribution in [2.75, 3.05) is 0 Å². The third kappa shape index (κ3) is 2.64. The van der Waals surface area contributed by atoms with Crippen LogP contribution < -0.4 is 5.73 Å². The van der Waals surface area contributed by atoms with E-state index in [1.165, 1.54) is 0 Å². The van der Waals surface area contributed by atoms with Crippen LogP contribution in [0.4, 0.5) is 0 Å². The van der Waals surface area contributed by atoms with Gasteiger partial charge in [-0.05, 0) is 35.4 Å². The highest BCUT2D eigenvalue weighted by atomic mass is 79.9. The van der Waals surface area contributed by atoms with Crippen molar-refractivity contribution in [2.24, 2.45) is 5.73 Å². The number of nitrogens with zero attached hydrogens (tertiary/aromatic N) is 1. The van der Waals surface area contributed by atoms with E-state index in [1.807, 2.05) is 30.3 Å². The fourth-order valence-corrected chi connectivity index (χ4v) is 3.50. The lowest BCUT2D eigenvalue weighted by Crippen LogP contribution is -2.12. The number of halogens is 2. The van der Waals surface area contributed by atoms with Crippen molar-refractivity contribution in [2.45, 2.75) is 6.04 Å². The van der Waals surface area contributed by atoms with Gasteiger partial charge in [0.2, 0.25) is 0 Å². The maximum absolute atomic E-state index is 6.39. The Morgan fingerprint density at radius 1 is 1.00 bits per heavy atom. The summed E-state index contributed by atoms with van der Waals surface area (Å²) in [5, 5.41) is 1.12. The van der Waals surface area contributed by atoms with Crippen molar-refractivity contribution >= 4 is 42.8 Å². The molecule has 4 heteroatoms. The molecule has 0 aliphatic carbocycles. The first-order chi connectivity index (χ1) is 9.65. The molecule has 0 saturated heterocycles. The molecule has 100 valence electrons. The number of rotatable bonds is 2. The van der Waals surface area contributed by atoms with Crippen molar-refractivity contribution < 1.29 is 0 Å². The van der Waals surface area contributed by atoms with Crippen LogP contribution in [0.1, 0.15) is 17.2 Å². The van der Waals surface area contributed by atoms with E-state index < -0.39 is 0 Å². The molecule has 3 rings (SSSR count). The third-order valence-electron chi connectivity index (χ3n) is 3.29. The Kier molecular flexibility index (Phi) is 3.87. The minimum Gasteiger partial charge on any atom is -0.320 e. The zero-order valence-corrected chi connectivity index (χ0v) is 13.7. The normalized spacial score (nSPS) is 12.6. The Balaban J connectivity index is 2.05. The summed E-state index contributed by atoms with van der Waals surface area (Å²) >= 11 is 7.02. The van der Waals surface area contributed by atoms with Crippen molar-refractivity contribution in [3.05, 3.63) is 74.8 Å². The monoisotopic (exact) mass is 390 g/mol. The smallest absolute Gasteiger partial charge is 0.0705 e. The number of benzene rings is 2. The van der Waals surface area contributed by atoms with Gasteiger partial charge in [0, 0.05) is 20.5 Å². The molecule has 1 aromatic heterocycles. The molecule has 0 amide bonds. The van der Waals surface area contributed by atoms with E-state index in [-0.39, 0.29) is 6.04 Å². The minimum absolute atomic E-state index is 0.177. The molecule has 0 aliphatic heterocycles. The van der Waals surface area contributed by atoms with E-state index in [4.69, 9.17) is 5.73 Å². The summed E-state index contributed by atoms with van der Waals surface area (Å²) in [4.78, 5) is 4.38. The quantitative estimate of drug-likeness (QED) is 0.680. The fraction of sp³-hybridized carbons (Fsp3) is 0.0625. The van der Waals surface area contributed by atoms with Gasteiger partial charge in [-0.2, -0.15) is 0 Å². The third-order valence-corrected chi connectivity index (χ3v) is 4.47. The summed E-state index contributed by atoms with van der Waals surface area (Å²) < 4.78 is 2.03. The average Bonchev–Trinajstić information content (AvgIpc) is 2.46. The van der Waals surface area contributed by atoms with Crippen molar-refractivity contribution in [3.8, 4) is 0 Å². The molecule has 1 unspecified atom stereocenters. The molecule has 0 spiro atoms. The number of fused-ring (bicyclic) bond motifs is 1. The Bertz CT molecular complexity index is 771. The second kappa shape index (κ2) is 5.64. The Labute approximate surface area is 134 Å². The molecule has 0 fully saturated rings. The highest BCUT2D eigenvalue weighted by Crippen LogP contribution is 2.30. The number of hydrogen-bond donors (Lipinski definition) is 1. The van der Waals surface area contributed by atoms with E-state index >= 15 is 0 Å². The Morgan fingerprint density at radius 3 is 2.65 bits per heavy atom. The van der Waals surface area contributed by atoms with Gasteiger partial charge in [0.25, 0.3) is 0 Å². The van der Waals surface area contributed by atoms with Crippen molar-refractivity contribution in [1.82, 2.24) is 4.98 Å². The lowest BCUT2D eigenvalue weighted by atomic mass is 9.98. The summed E-state index contributed by atoms with van der Waals surface area (Å²) in [6, 6.07) is 16.0. The number of hydrogen-bond acceptors (Lipinski definition) is 2. The number of aromatic nitrogens is 1. The molecule has 0 radical (unpaired) electrons. The Hall–Kier alpha value is -1.23. The van der Waals surface area contributed by atoms with Gasteiger partial charge in [0.05, 0.1) is 11.6 Å². The second-order valence-corrected chi connectivity index (χ2v) is 6.37. The largest absolute Gasteiger partial charge is 0.320 e. The SMILES string of the molecule is NC(c1ccc2cccnc2c1)c1ccc(Br)cc1Br. The lowest BCUT2D eigenvalue weighted by Gasteiger charge is -2.15. The van der Waals surface area contributed by atoms with Crippen LogP contribution in [-0.2, 0) is 0 Å². The molecular weight excluding hydrogens is 380 g/mol. The summed E-state index contributed by atoms with van der Waals surface area (Å²) in [6.45, 7) is 0. The first kappa shape index (κ1) is 13.7. The first-order valence-corrected chi connectivity index (χ1v) is 7.79. The molecule has 0 saturated carbocycles. The van der Waals surface area contributed by atoms with Gasteiger partial charge in [0.1, 0.15) is 0 Å². The van der Waals surface area contributed by atoms with Crippen LogP contribution in [0, 0.1) is 0 Å². The highest BCUT2D eigenvalue weighted by molar-refractivity contribution is 9.11. The van der Waals surface area contributed by atoms with E-state index in [9.17, 15) is 0 Å². The van der Waals surface area contributed by atoms with E-state index in [0.29, 0.717) is 0 Å². The van der Waals surface area contributed by atoms with Crippen molar-refractivity contribution in [3.63, 3.8) is 0 Å². The molecule has 0 bridgehead atoms. The van der Waals surface area contributed by atoms with Crippen LogP contribution in [0.15, 0.2) is 63.7 Å².